The van der Waals surface area contributed by atoms with Gasteiger partial charge in [-0.3, -0.25) is 4.79 Å². The number of carboxylic acid groups (broad SMARTS) is 1. The molecule has 4 rings (SSSR count). The third kappa shape index (κ3) is 5.69. The molecule has 0 amide bonds. The number of rotatable bonds is 7. The molecule has 0 aliphatic carbocycles. The average molecular weight is 662 g/mol. The molecule has 194 valence electrons. The van der Waals surface area contributed by atoms with E-state index in [1.807, 2.05) is 0 Å². The summed E-state index contributed by atoms with van der Waals surface area (Å²) in [5.74, 6) is -0.489. The Balaban J connectivity index is 1.67. The van der Waals surface area contributed by atoms with Crippen molar-refractivity contribution in [1.29, 1.82) is 0 Å². The van der Waals surface area contributed by atoms with Gasteiger partial charge in [0.2, 0.25) is 9.84 Å². The molecule has 4 aromatic rings. The highest BCUT2D eigenvalue weighted by atomic mass is 79.9. The first-order valence-corrected chi connectivity index (χ1v) is 13.5. The van der Waals surface area contributed by atoms with Crippen molar-refractivity contribution in [1.82, 2.24) is 4.98 Å². The number of ether oxygens (including phenoxy) is 1. The molecule has 0 spiro atoms. The second-order valence-corrected chi connectivity index (χ2v) is 11.7. The number of hydrogen-bond donors (Lipinski definition) is 3. The molecule has 0 bridgehead atoms. The number of H-pyrrole nitrogens is 1. The van der Waals surface area contributed by atoms with Crippen LogP contribution in [0.4, 0.5) is 13.2 Å². The maximum atomic E-state index is 13.2. The van der Waals surface area contributed by atoms with Gasteiger partial charge in [-0.2, -0.15) is 13.2 Å². The molecule has 37 heavy (non-hydrogen) atoms. The third-order valence-electron chi connectivity index (χ3n) is 5.45. The van der Waals surface area contributed by atoms with E-state index < -0.39 is 33.6 Å². The molecule has 0 saturated carbocycles. The number of carbonyl (C=O) groups is 1. The SMILES string of the molecule is N[C@H](Cc1cc(Br)c(Oc2ccc3[nH]cc(S(=O)(=O)c4ccc(C(F)(F)F)cc4)c3c2)c(Br)c1)C(=O)O. The molecule has 0 aliphatic heterocycles. The van der Waals surface area contributed by atoms with Crippen LogP contribution in [0.15, 0.2) is 79.5 Å². The lowest BCUT2D eigenvalue weighted by molar-refractivity contribution is -0.139. The summed E-state index contributed by atoms with van der Waals surface area (Å²) in [4.78, 5) is 13.5. The van der Waals surface area contributed by atoms with Gasteiger partial charge < -0.3 is 20.6 Å². The molecular formula is C24H17Br2F3N2O5S. The number of nitrogens with two attached hydrogens (primary N) is 1. The highest BCUT2D eigenvalue weighted by Gasteiger charge is 2.31. The Morgan fingerprint density at radius 2 is 1.68 bits per heavy atom. The quantitative estimate of drug-likeness (QED) is 0.214. The van der Waals surface area contributed by atoms with Gasteiger partial charge >= 0.3 is 12.1 Å². The Bertz CT molecular complexity index is 1580. The van der Waals surface area contributed by atoms with Crippen LogP contribution in [0.5, 0.6) is 11.5 Å². The van der Waals surface area contributed by atoms with E-state index in [0.717, 1.165) is 24.3 Å². The number of sulfone groups is 1. The van der Waals surface area contributed by atoms with E-state index in [4.69, 9.17) is 15.6 Å². The monoisotopic (exact) mass is 660 g/mol. The first-order chi connectivity index (χ1) is 17.3. The number of hydrogen-bond acceptors (Lipinski definition) is 5. The largest absolute Gasteiger partial charge is 0.480 e. The molecule has 4 N–H and O–H groups in total. The van der Waals surface area contributed by atoms with Gasteiger partial charge in [-0.1, -0.05) is 0 Å². The smallest absolute Gasteiger partial charge is 0.416 e. The summed E-state index contributed by atoms with van der Waals surface area (Å²) < 4.78 is 72.1. The van der Waals surface area contributed by atoms with Gasteiger partial charge in [0.25, 0.3) is 0 Å². The molecule has 1 atom stereocenters. The van der Waals surface area contributed by atoms with Crippen LogP contribution in [-0.4, -0.2) is 30.5 Å². The molecule has 0 fully saturated rings. The second-order valence-electron chi connectivity index (χ2n) is 8.03. The van der Waals surface area contributed by atoms with Gasteiger partial charge in [0, 0.05) is 17.1 Å². The van der Waals surface area contributed by atoms with Crippen molar-refractivity contribution >= 4 is 58.6 Å². The van der Waals surface area contributed by atoms with E-state index >= 15 is 0 Å². The fourth-order valence-corrected chi connectivity index (χ4v) is 6.46. The summed E-state index contributed by atoms with van der Waals surface area (Å²) in [5, 5.41) is 9.32. The van der Waals surface area contributed by atoms with Crippen molar-refractivity contribution in [3.05, 3.63) is 80.9 Å². The van der Waals surface area contributed by atoms with E-state index in [1.165, 1.54) is 12.3 Å². The van der Waals surface area contributed by atoms with Crippen molar-refractivity contribution in [2.75, 3.05) is 0 Å². The number of aliphatic carboxylic acids is 1. The molecule has 0 aliphatic rings. The summed E-state index contributed by atoms with van der Waals surface area (Å²) in [6, 6.07) is 10.3. The molecule has 0 saturated heterocycles. The number of fused-ring (bicyclic) bond motifs is 1. The fraction of sp³-hybridized carbons (Fsp3) is 0.125. The average Bonchev–Trinajstić information content (AvgIpc) is 3.25. The number of aromatic nitrogens is 1. The summed E-state index contributed by atoms with van der Waals surface area (Å²) >= 11 is 6.79. The highest BCUT2D eigenvalue weighted by molar-refractivity contribution is 9.11. The van der Waals surface area contributed by atoms with Crippen LogP contribution in [0.25, 0.3) is 10.9 Å². The van der Waals surface area contributed by atoms with Gasteiger partial charge in [0.1, 0.15) is 11.8 Å². The summed E-state index contributed by atoms with van der Waals surface area (Å²) in [6.07, 6.45) is -3.22. The Labute approximate surface area is 225 Å². The number of aromatic amines is 1. The zero-order chi connectivity index (χ0) is 27.1. The lowest BCUT2D eigenvalue weighted by Crippen LogP contribution is -2.32. The summed E-state index contributed by atoms with van der Waals surface area (Å²) in [7, 11) is -4.15. The lowest BCUT2D eigenvalue weighted by Gasteiger charge is -2.13. The van der Waals surface area contributed by atoms with Crippen molar-refractivity contribution in [3.63, 3.8) is 0 Å². The zero-order valence-corrected chi connectivity index (χ0v) is 22.5. The first kappa shape index (κ1) is 27.2. The predicted molar refractivity (Wildman–Crippen MR) is 136 cm³/mol. The van der Waals surface area contributed by atoms with Crippen LogP contribution >= 0.6 is 31.9 Å². The van der Waals surface area contributed by atoms with Crippen LogP contribution in [0.2, 0.25) is 0 Å². The Hall–Kier alpha value is -2.87. The number of benzene rings is 3. The van der Waals surface area contributed by atoms with Crippen molar-refractivity contribution in [2.45, 2.75) is 28.4 Å². The lowest BCUT2D eigenvalue weighted by atomic mass is 10.1. The molecule has 7 nitrogen and oxygen atoms in total. The predicted octanol–water partition coefficient (Wildman–Crippen LogP) is 6.29. The molecule has 13 heteroatoms. The Kier molecular flexibility index (Phi) is 7.43. The standard InChI is InChI=1S/C24H17Br2F3N2O5S/c25-17-7-12(9-19(30)23(32)33)8-18(26)22(17)36-14-3-6-20-16(10-14)21(11-31-20)37(34,35)15-4-1-13(2-5-15)24(27,28)29/h1-8,10-11,19,31H,9,30H2,(H,32,33)/t19-/m1/s1. The molecule has 1 heterocycles. The van der Waals surface area contributed by atoms with E-state index in [-0.39, 0.29) is 27.3 Å². The fourth-order valence-electron chi connectivity index (χ4n) is 3.60. The van der Waals surface area contributed by atoms with E-state index in [0.29, 0.717) is 25.8 Å². The number of alkyl halides is 3. The van der Waals surface area contributed by atoms with Crippen LogP contribution in [-0.2, 0) is 27.2 Å². The van der Waals surface area contributed by atoms with E-state index in [9.17, 15) is 26.4 Å². The topological polar surface area (TPSA) is 122 Å². The third-order valence-corrected chi connectivity index (χ3v) is 8.44. The first-order valence-electron chi connectivity index (χ1n) is 10.4. The normalized spacial score (nSPS) is 13.0. The van der Waals surface area contributed by atoms with E-state index in [1.54, 1.807) is 24.3 Å². The minimum atomic E-state index is -4.58. The molecular weight excluding hydrogens is 645 g/mol. The summed E-state index contributed by atoms with van der Waals surface area (Å²) in [6.45, 7) is 0. The molecule has 0 radical (unpaired) electrons. The van der Waals surface area contributed by atoms with Gasteiger partial charge in [-0.05, 0) is 98.4 Å². The Morgan fingerprint density at radius 3 is 2.24 bits per heavy atom. The zero-order valence-electron chi connectivity index (χ0n) is 18.5. The molecule has 3 aromatic carbocycles. The minimum Gasteiger partial charge on any atom is -0.480 e. The van der Waals surface area contributed by atoms with Gasteiger partial charge in [0.15, 0.2) is 5.75 Å². The van der Waals surface area contributed by atoms with Crippen molar-refractivity contribution in [2.24, 2.45) is 5.73 Å². The second kappa shape index (κ2) is 10.1. The summed E-state index contributed by atoms with van der Waals surface area (Å²) in [5.41, 5.74) is 5.78. The molecule has 1 aromatic heterocycles. The van der Waals surface area contributed by atoms with Crippen LogP contribution < -0.4 is 10.5 Å². The van der Waals surface area contributed by atoms with Crippen molar-refractivity contribution < 1.29 is 36.2 Å². The van der Waals surface area contributed by atoms with Gasteiger partial charge in [-0.15, -0.1) is 0 Å². The Morgan fingerprint density at radius 1 is 1.05 bits per heavy atom. The van der Waals surface area contributed by atoms with Gasteiger partial charge in [-0.25, -0.2) is 8.42 Å². The van der Waals surface area contributed by atoms with Crippen LogP contribution in [0.3, 0.4) is 0 Å². The van der Waals surface area contributed by atoms with Crippen LogP contribution in [0, 0.1) is 0 Å². The van der Waals surface area contributed by atoms with E-state index in [2.05, 4.69) is 36.8 Å². The number of nitrogens with one attached hydrogen (secondary N) is 1. The maximum Gasteiger partial charge on any atom is 0.416 e. The number of halogens is 5. The van der Waals surface area contributed by atoms with Crippen LogP contribution in [0.1, 0.15) is 11.1 Å². The van der Waals surface area contributed by atoms with Gasteiger partial charge in [0.05, 0.1) is 24.3 Å². The van der Waals surface area contributed by atoms with Crippen molar-refractivity contribution in [3.8, 4) is 11.5 Å². The highest BCUT2D eigenvalue weighted by Crippen LogP contribution is 2.40. The molecule has 0 unspecified atom stereocenters. The minimum absolute atomic E-state index is 0.0906. The number of carboxylic acids is 1. The maximum absolute atomic E-state index is 13.2.